The summed E-state index contributed by atoms with van der Waals surface area (Å²) < 4.78 is 0. The van der Waals surface area contributed by atoms with Crippen molar-refractivity contribution >= 4 is 50.6 Å². The van der Waals surface area contributed by atoms with E-state index in [1.165, 1.54) is 11.3 Å². The minimum Gasteiger partial charge on any atom is -0.394 e. The van der Waals surface area contributed by atoms with Crippen LogP contribution in [0.5, 0.6) is 0 Å². The van der Waals surface area contributed by atoms with E-state index < -0.39 is 42.0 Å². The molecule has 5 rings (SSSR count). The maximum absolute atomic E-state index is 14.6. The smallest absolute Gasteiger partial charge is 0.243 e. The van der Waals surface area contributed by atoms with Crippen molar-refractivity contribution in [1.82, 2.24) is 20.9 Å². The summed E-state index contributed by atoms with van der Waals surface area (Å²) in [6, 6.07) is 26.4. The maximum atomic E-state index is 14.6. The molecule has 4 aromatic carbocycles. The number of aliphatic hydroxyl groups excluding tert-OH is 2. The normalized spacial score (nSPS) is 14.4. The molecule has 54 heavy (non-hydrogen) atoms. The van der Waals surface area contributed by atoms with E-state index in [1.807, 2.05) is 69.5 Å². The van der Waals surface area contributed by atoms with Gasteiger partial charge in [-0.15, -0.1) is 11.3 Å². The van der Waals surface area contributed by atoms with Crippen LogP contribution in [0.25, 0.3) is 21.5 Å². The highest BCUT2D eigenvalue weighted by Crippen LogP contribution is 2.27. The third-order valence-electron chi connectivity index (χ3n) is 10.4. The molecule has 9 nitrogen and oxygen atoms in total. The van der Waals surface area contributed by atoms with Gasteiger partial charge in [-0.25, -0.2) is 4.98 Å². The Bertz CT molecular complexity index is 1890. The van der Waals surface area contributed by atoms with E-state index in [0.29, 0.717) is 25.0 Å². The van der Waals surface area contributed by atoms with Crippen LogP contribution in [0.2, 0.25) is 0 Å². The summed E-state index contributed by atoms with van der Waals surface area (Å²) >= 11 is 1.41. The summed E-state index contributed by atoms with van der Waals surface area (Å²) in [5, 5.41) is 36.3. The van der Waals surface area contributed by atoms with Gasteiger partial charge in [0.15, 0.2) is 0 Å². The van der Waals surface area contributed by atoms with Gasteiger partial charge in [0, 0.05) is 17.7 Å². The highest BCUT2D eigenvalue weighted by atomic mass is 32.1. The number of hydrogen-bond donors (Lipinski definition) is 5. The second kappa shape index (κ2) is 19.6. The van der Waals surface area contributed by atoms with E-state index >= 15 is 0 Å². The minimum absolute atomic E-state index is 0.0578. The van der Waals surface area contributed by atoms with Crippen LogP contribution < -0.4 is 16.0 Å². The Morgan fingerprint density at radius 2 is 1.33 bits per heavy atom. The zero-order valence-electron chi connectivity index (χ0n) is 31.7. The molecule has 1 heterocycles. The molecule has 5 N–H and O–H groups in total. The summed E-state index contributed by atoms with van der Waals surface area (Å²) in [7, 11) is 0. The molecule has 0 aliphatic heterocycles. The molecule has 3 amide bonds. The summed E-state index contributed by atoms with van der Waals surface area (Å²) in [6.45, 7) is 7.69. The van der Waals surface area contributed by atoms with Crippen molar-refractivity contribution in [3.63, 3.8) is 0 Å². The summed E-state index contributed by atoms with van der Waals surface area (Å²) in [5.41, 5.74) is 4.45. The zero-order chi connectivity index (χ0) is 38.6. The average molecular weight is 751 g/mol. The third-order valence-corrected chi connectivity index (χ3v) is 11.0. The first-order valence-corrected chi connectivity index (χ1v) is 20.0. The van der Waals surface area contributed by atoms with Crippen LogP contribution in [0, 0.1) is 17.8 Å². The van der Waals surface area contributed by atoms with Gasteiger partial charge in [0.25, 0.3) is 0 Å². The minimum atomic E-state index is -1.19. The predicted molar refractivity (Wildman–Crippen MR) is 217 cm³/mol. The third kappa shape index (κ3) is 11.0. The Morgan fingerprint density at radius 1 is 0.741 bits per heavy atom. The molecule has 0 spiro atoms. The molecule has 0 bridgehead atoms. The van der Waals surface area contributed by atoms with Crippen LogP contribution >= 0.6 is 11.3 Å². The molecule has 0 saturated carbocycles. The number of aliphatic hydroxyl groups is 2. The fourth-order valence-electron chi connectivity index (χ4n) is 7.13. The number of nitrogens with zero attached hydrogens (tertiary/aromatic N) is 1. The van der Waals surface area contributed by atoms with Gasteiger partial charge in [-0.2, -0.15) is 0 Å². The highest BCUT2D eigenvalue weighted by Gasteiger charge is 2.32. The molecule has 0 aliphatic rings. The summed E-state index contributed by atoms with van der Waals surface area (Å²) in [4.78, 5) is 46.2. The predicted octanol–water partition coefficient (Wildman–Crippen LogP) is 6.38. The van der Waals surface area contributed by atoms with Crippen molar-refractivity contribution < 1.29 is 24.6 Å². The van der Waals surface area contributed by atoms with Gasteiger partial charge >= 0.3 is 0 Å². The summed E-state index contributed by atoms with van der Waals surface area (Å²) in [5.74, 6) is -1.48. The first-order valence-electron chi connectivity index (χ1n) is 19.1. The number of hydrogen-bond acceptors (Lipinski definition) is 7. The molecule has 1 aromatic heterocycles. The lowest BCUT2D eigenvalue weighted by Gasteiger charge is -2.29. The van der Waals surface area contributed by atoms with Gasteiger partial charge in [-0.1, -0.05) is 119 Å². The number of carbonyl (C=O) groups is 3. The van der Waals surface area contributed by atoms with Crippen molar-refractivity contribution in [2.45, 2.75) is 90.4 Å². The second-order valence-corrected chi connectivity index (χ2v) is 15.6. The molecule has 0 aliphatic carbocycles. The molecule has 1 unspecified atom stereocenters. The Labute approximate surface area is 322 Å². The second-order valence-electron chi connectivity index (χ2n) is 14.9. The average Bonchev–Trinajstić information content (AvgIpc) is 3.69. The van der Waals surface area contributed by atoms with Crippen LogP contribution in [0.15, 0.2) is 95.8 Å². The number of aromatic nitrogens is 1. The van der Waals surface area contributed by atoms with E-state index in [4.69, 9.17) is 0 Å². The van der Waals surface area contributed by atoms with Crippen molar-refractivity contribution in [3.05, 3.63) is 113 Å². The van der Waals surface area contributed by atoms with Crippen molar-refractivity contribution in [2.75, 3.05) is 6.61 Å². The van der Waals surface area contributed by atoms with Crippen molar-refractivity contribution in [2.24, 2.45) is 17.8 Å². The number of benzene rings is 4. The van der Waals surface area contributed by atoms with E-state index in [0.717, 1.165) is 39.1 Å². The van der Waals surface area contributed by atoms with Gasteiger partial charge in [-0.3, -0.25) is 14.4 Å². The summed E-state index contributed by atoms with van der Waals surface area (Å²) in [6.07, 6.45) is 0.829. The van der Waals surface area contributed by atoms with Crippen LogP contribution in [-0.4, -0.2) is 63.8 Å². The van der Waals surface area contributed by atoms with Gasteiger partial charge in [-0.05, 0) is 63.8 Å². The Hall–Kier alpha value is -4.64. The highest BCUT2D eigenvalue weighted by molar-refractivity contribution is 7.07. The Kier molecular flexibility index (Phi) is 14.7. The lowest BCUT2D eigenvalue weighted by atomic mass is 9.87. The lowest BCUT2D eigenvalue weighted by Crippen LogP contribution is -2.55. The van der Waals surface area contributed by atoms with Crippen LogP contribution in [0.3, 0.4) is 0 Å². The van der Waals surface area contributed by atoms with Gasteiger partial charge in [0.05, 0.1) is 42.4 Å². The first-order chi connectivity index (χ1) is 26.1. The monoisotopic (exact) mass is 750 g/mol. The number of thiazole rings is 1. The Morgan fingerprint density at radius 3 is 1.87 bits per heavy atom. The molecule has 10 heteroatoms. The number of rotatable bonds is 19. The van der Waals surface area contributed by atoms with E-state index in [2.05, 4.69) is 69.5 Å². The standard InChI is InChI=1S/C44H54N4O5S/c1-5-29(4)40(25-49)46-42(51)24-41(50)38(20-28(2)3)47-44(53)39(23-35-26-54-27-45-35)48-43(52)34(21-32-16-10-14-30-12-6-8-18-36(30)32)22-33-17-11-15-31-13-7-9-19-37(31)33/h6-19,26-29,34,38-41,49-50H,5,20-25H2,1-4H3,(H,46,51)(H,47,53)(H,48,52)/t29-,38-,39?,40+,41-/m0/s1. The largest absolute Gasteiger partial charge is 0.394 e. The molecular formula is C44H54N4O5S. The fraction of sp³-hybridized carbons (Fsp3) is 0.409. The molecule has 0 fully saturated rings. The van der Waals surface area contributed by atoms with Crippen LogP contribution in [0.4, 0.5) is 0 Å². The van der Waals surface area contributed by atoms with E-state index in [-0.39, 0.29) is 37.2 Å². The van der Waals surface area contributed by atoms with Crippen molar-refractivity contribution in [1.29, 1.82) is 0 Å². The molecule has 5 aromatic rings. The zero-order valence-corrected chi connectivity index (χ0v) is 32.5. The van der Waals surface area contributed by atoms with Crippen molar-refractivity contribution in [3.8, 4) is 0 Å². The topological polar surface area (TPSA) is 141 Å². The van der Waals surface area contributed by atoms with E-state index in [1.54, 1.807) is 5.51 Å². The number of carbonyl (C=O) groups excluding carboxylic acids is 3. The van der Waals surface area contributed by atoms with Crippen LogP contribution in [0.1, 0.15) is 63.8 Å². The van der Waals surface area contributed by atoms with Gasteiger partial charge in [0.2, 0.25) is 17.7 Å². The molecule has 5 atom stereocenters. The number of amides is 3. The molecule has 0 radical (unpaired) electrons. The quantitative estimate of drug-likeness (QED) is 0.0664. The molecular weight excluding hydrogens is 697 g/mol. The molecule has 286 valence electrons. The van der Waals surface area contributed by atoms with E-state index in [9.17, 15) is 24.6 Å². The number of nitrogens with one attached hydrogen (secondary N) is 3. The SMILES string of the molecule is CC[C@H](C)[C@@H](CO)NC(=O)C[C@H](O)[C@H](CC(C)C)NC(=O)C(Cc1cscn1)NC(=O)C(Cc1cccc2ccccc12)Cc1cccc2ccccc12. The van der Waals surface area contributed by atoms with Gasteiger partial charge < -0.3 is 26.2 Å². The Balaban J connectivity index is 1.41. The maximum Gasteiger partial charge on any atom is 0.243 e. The number of fused-ring (bicyclic) bond motifs is 2. The molecule has 0 saturated heterocycles. The van der Waals surface area contributed by atoms with Gasteiger partial charge in [0.1, 0.15) is 6.04 Å². The van der Waals surface area contributed by atoms with Crippen LogP contribution in [-0.2, 0) is 33.6 Å². The fourth-order valence-corrected chi connectivity index (χ4v) is 7.70. The first kappa shape index (κ1) is 40.5. The lowest BCUT2D eigenvalue weighted by molar-refractivity contribution is -0.132.